The zero-order chi connectivity index (χ0) is 15.1. The van der Waals surface area contributed by atoms with Crippen LogP contribution in [0.1, 0.15) is 29.8 Å². The number of hydrogen-bond acceptors (Lipinski definition) is 6. The molecule has 7 nitrogen and oxygen atoms in total. The minimum absolute atomic E-state index is 0.0751. The molecule has 0 radical (unpaired) electrons. The monoisotopic (exact) mass is 281 g/mol. The van der Waals surface area contributed by atoms with Crippen LogP contribution in [0.15, 0.2) is 18.2 Å². The fourth-order valence-electron chi connectivity index (χ4n) is 1.59. The van der Waals surface area contributed by atoms with E-state index in [1.807, 2.05) is 0 Å². The minimum Gasteiger partial charge on any atom is -0.466 e. The molecule has 0 heterocycles. The lowest BCUT2D eigenvalue weighted by molar-refractivity contribution is -0.385. The summed E-state index contributed by atoms with van der Waals surface area (Å²) in [5.74, 6) is -1.20. The van der Waals surface area contributed by atoms with Crippen LogP contribution in [0, 0.1) is 10.1 Å². The van der Waals surface area contributed by atoms with Gasteiger partial charge < -0.3 is 9.47 Å². The molecule has 0 aliphatic rings. The van der Waals surface area contributed by atoms with E-state index in [2.05, 4.69) is 0 Å². The summed E-state index contributed by atoms with van der Waals surface area (Å²) in [6.45, 7) is 3.67. The van der Waals surface area contributed by atoms with Crippen molar-refractivity contribution >= 4 is 17.6 Å². The van der Waals surface area contributed by atoms with E-state index >= 15 is 0 Å². The maximum Gasteiger partial charge on any atom is 0.338 e. The Bertz CT molecular complexity index is 526. The fourth-order valence-corrected chi connectivity index (χ4v) is 1.59. The van der Waals surface area contributed by atoms with Crippen LogP contribution in [0.5, 0.6) is 0 Å². The van der Waals surface area contributed by atoms with Gasteiger partial charge in [-0.25, -0.2) is 4.79 Å². The Morgan fingerprint density at radius 3 is 2.40 bits per heavy atom. The molecule has 0 saturated heterocycles. The topological polar surface area (TPSA) is 95.7 Å². The van der Waals surface area contributed by atoms with E-state index in [1.54, 1.807) is 13.8 Å². The molecule has 0 aliphatic heterocycles. The molecule has 0 atom stereocenters. The average Bonchev–Trinajstić information content (AvgIpc) is 2.39. The van der Waals surface area contributed by atoms with Gasteiger partial charge >= 0.3 is 11.9 Å². The largest absolute Gasteiger partial charge is 0.466 e. The molecular weight excluding hydrogens is 266 g/mol. The molecule has 1 rings (SSSR count). The van der Waals surface area contributed by atoms with Gasteiger partial charge in [-0.3, -0.25) is 14.9 Å². The van der Waals surface area contributed by atoms with E-state index in [1.165, 1.54) is 12.1 Å². The van der Waals surface area contributed by atoms with Crippen LogP contribution in [0.2, 0.25) is 0 Å². The van der Waals surface area contributed by atoms with Gasteiger partial charge in [0.25, 0.3) is 5.69 Å². The van der Waals surface area contributed by atoms with Gasteiger partial charge in [-0.2, -0.15) is 0 Å². The van der Waals surface area contributed by atoms with Crippen LogP contribution in [0.4, 0.5) is 5.69 Å². The van der Waals surface area contributed by atoms with Crippen molar-refractivity contribution in [3.8, 4) is 0 Å². The molecule has 0 amide bonds. The SMILES string of the molecule is CCOC(=O)Cc1ccc(C(=O)OCC)cc1[N+](=O)[O-]. The Labute approximate surface area is 115 Å². The summed E-state index contributed by atoms with van der Waals surface area (Å²) in [6.07, 6.45) is -0.215. The predicted octanol–water partition coefficient (Wildman–Crippen LogP) is 1.88. The third kappa shape index (κ3) is 4.04. The molecule has 1 aromatic rings. The molecule has 0 saturated carbocycles. The zero-order valence-electron chi connectivity index (χ0n) is 11.3. The third-order valence-electron chi connectivity index (χ3n) is 2.43. The first-order valence-corrected chi connectivity index (χ1v) is 6.09. The summed E-state index contributed by atoms with van der Waals surface area (Å²) < 4.78 is 9.51. The molecule has 7 heteroatoms. The second kappa shape index (κ2) is 7.22. The van der Waals surface area contributed by atoms with Crippen molar-refractivity contribution in [2.24, 2.45) is 0 Å². The Kier molecular flexibility index (Phi) is 5.64. The van der Waals surface area contributed by atoms with Gasteiger partial charge in [0, 0.05) is 11.6 Å². The van der Waals surface area contributed by atoms with Crippen molar-refractivity contribution in [1.82, 2.24) is 0 Å². The van der Waals surface area contributed by atoms with Gasteiger partial charge in [0.15, 0.2) is 0 Å². The van der Waals surface area contributed by atoms with Gasteiger partial charge in [0.05, 0.1) is 30.1 Å². The molecule has 0 unspecified atom stereocenters. The van der Waals surface area contributed by atoms with Crippen LogP contribution >= 0.6 is 0 Å². The Morgan fingerprint density at radius 1 is 1.20 bits per heavy atom. The van der Waals surface area contributed by atoms with Crippen molar-refractivity contribution in [2.75, 3.05) is 13.2 Å². The van der Waals surface area contributed by atoms with Crippen LogP contribution in [-0.4, -0.2) is 30.1 Å². The number of carbonyl (C=O) groups is 2. The lowest BCUT2D eigenvalue weighted by atomic mass is 10.1. The number of nitrogens with zero attached hydrogens (tertiary/aromatic N) is 1. The maximum absolute atomic E-state index is 11.5. The Hall–Kier alpha value is -2.44. The first-order valence-electron chi connectivity index (χ1n) is 6.09. The molecule has 0 aliphatic carbocycles. The quantitative estimate of drug-likeness (QED) is 0.448. The molecule has 20 heavy (non-hydrogen) atoms. The second-order valence-corrected chi connectivity index (χ2v) is 3.80. The molecule has 1 aromatic carbocycles. The van der Waals surface area contributed by atoms with E-state index in [0.29, 0.717) is 0 Å². The fraction of sp³-hybridized carbons (Fsp3) is 0.385. The van der Waals surface area contributed by atoms with Crippen molar-refractivity contribution in [1.29, 1.82) is 0 Å². The van der Waals surface area contributed by atoms with Crippen LogP contribution in [-0.2, 0) is 20.7 Å². The zero-order valence-corrected chi connectivity index (χ0v) is 11.3. The summed E-state index contributed by atoms with van der Waals surface area (Å²) in [6, 6.07) is 3.85. The van der Waals surface area contributed by atoms with Crippen molar-refractivity contribution in [3.63, 3.8) is 0 Å². The Morgan fingerprint density at radius 2 is 1.85 bits per heavy atom. The molecule has 0 fully saturated rings. The van der Waals surface area contributed by atoms with Gasteiger partial charge in [-0.1, -0.05) is 6.07 Å². The summed E-state index contributed by atoms with van der Waals surface area (Å²) in [5, 5.41) is 11.0. The predicted molar refractivity (Wildman–Crippen MR) is 69.4 cm³/mol. The third-order valence-corrected chi connectivity index (χ3v) is 2.43. The number of benzene rings is 1. The molecule has 108 valence electrons. The molecule has 0 bridgehead atoms. The number of carbonyl (C=O) groups excluding carboxylic acids is 2. The van der Waals surface area contributed by atoms with E-state index < -0.39 is 16.9 Å². The number of esters is 2. The van der Waals surface area contributed by atoms with Crippen LogP contribution in [0.3, 0.4) is 0 Å². The number of ether oxygens (including phenoxy) is 2. The summed E-state index contributed by atoms with van der Waals surface area (Å²) >= 11 is 0. The van der Waals surface area contributed by atoms with Crippen molar-refractivity contribution in [2.45, 2.75) is 20.3 Å². The molecule has 0 aromatic heterocycles. The molecule has 0 spiro atoms. The summed E-state index contributed by atoms with van der Waals surface area (Å²) in [5.41, 5.74) is -0.0312. The highest BCUT2D eigenvalue weighted by Crippen LogP contribution is 2.22. The average molecular weight is 281 g/mol. The van der Waals surface area contributed by atoms with Crippen LogP contribution in [0.25, 0.3) is 0 Å². The number of nitro benzene ring substituents is 1. The number of nitro groups is 1. The lowest BCUT2D eigenvalue weighted by Crippen LogP contribution is -2.11. The van der Waals surface area contributed by atoms with Gasteiger partial charge in [-0.15, -0.1) is 0 Å². The minimum atomic E-state index is -0.642. The van der Waals surface area contributed by atoms with Crippen molar-refractivity contribution in [3.05, 3.63) is 39.4 Å². The number of hydrogen-bond donors (Lipinski definition) is 0. The molecular formula is C13H15NO6. The van der Waals surface area contributed by atoms with Crippen molar-refractivity contribution < 1.29 is 24.0 Å². The highest BCUT2D eigenvalue weighted by atomic mass is 16.6. The highest BCUT2D eigenvalue weighted by Gasteiger charge is 2.20. The first-order chi connectivity index (χ1) is 9.49. The Balaban J connectivity index is 3.05. The van der Waals surface area contributed by atoms with Gasteiger partial charge in [0.2, 0.25) is 0 Å². The summed E-state index contributed by atoms with van der Waals surface area (Å²) in [4.78, 5) is 33.2. The van der Waals surface area contributed by atoms with Gasteiger partial charge in [0.1, 0.15) is 0 Å². The van der Waals surface area contributed by atoms with E-state index in [0.717, 1.165) is 6.07 Å². The normalized spacial score (nSPS) is 9.90. The molecule has 0 N–H and O–H groups in total. The smallest absolute Gasteiger partial charge is 0.338 e. The second-order valence-electron chi connectivity index (χ2n) is 3.80. The summed E-state index contributed by atoms with van der Waals surface area (Å²) in [7, 11) is 0. The highest BCUT2D eigenvalue weighted by molar-refractivity contribution is 5.90. The standard InChI is InChI=1S/C13H15NO6/c1-3-19-12(15)8-9-5-6-10(13(16)20-4-2)7-11(9)14(17)18/h5-7H,3-4,8H2,1-2H3. The lowest BCUT2D eigenvalue weighted by Gasteiger charge is -2.06. The van der Waals surface area contributed by atoms with E-state index in [4.69, 9.17) is 9.47 Å². The number of rotatable bonds is 6. The van der Waals surface area contributed by atoms with Crippen LogP contribution < -0.4 is 0 Å². The first kappa shape index (κ1) is 15.6. The van der Waals surface area contributed by atoms with E-state index in [-0.39, 0.29) is 36.4 Å². The van der Waals surface area contributed by atoms with E-state index in [9.17, 15) is 19.7 Å². The van der Waals surface area contributed by atoms with Gasteiger partial charge in [-0.05, 0) is 19.9 Å². The maximum atomic E-state index is 11.5.